The second-order valence-corrected chi connectivity index (χ2v) is 10.7. The van der Waals surface area contributed by atoms with Crippen LogP contribution in [-0.4, -0.2) is 35.6 Å². The number of carbonyl (C=O) groups is 1. The fraction of sp³-hybridized carbons (Fsp3) is 0.486. The maximum Gasteiger partial charge on any atom is 0.258 e. The van der Waals surface area contributed by atoms with Crippen molar-refractivity contribution in [2.75, 3.05) is 29.9 Å². The monoisotopic (exact) mass is 558 g/mol. The summed E-state index contributed by atoms with van der Waals surface area (Å²) in [7, 11) is 0. The van der Waals surface area contributed by atoms with Gasteiger partial charge in [-0.3, -0.25) is 10.1 Å². The van der Waals surface area contributed by atoms with E-state index in [0.29, 0.717) is 24.0 Å². The van der Waals surface area contributed by atoms with Crippen LogP contribution in [0.4, 0.5) is 11.6 Å². The Labute approximate surface area is 247 Å². The Hall–Kier alpha value is -3.54. The van der Waals surface area contributed by atoms with Crippen LogP contribution in [-0.2, 0) is 11.2 Å². The van der Waals surface area contributed by atoms with Crippen LogP contribution in [0.3, 0.4) is 0 Å². The number of aromatic nitrogens is 2. The largest absolute Gasteiger partial charge is 0.500 e. The molecule has 2 aromatic carbocycles. The number of nitrogens with zero attached hydrogens (tertiary/aromatic N) is 2. The van der Waals surface area contributed by atoms with Crippen LogP contribution in [0.2, 0.25) is 0 Å². The SMILES string of the molecule is CC.CCCC(CCC)Cc1ccc(C(=O)Nc2nc3ccccc3[nH]2)cc1N1CCO/C=C/CCC/C=C(\C)C1. The van der Waals surface area contributed by atoms with Crippen molar-refractivity contribution in [2.45, 2.75) is 86.0 Å². The number of rotatable bonds is 9. The predicted molar refractivity (Wildman–Crippen MR) is 174 cm³/mol. The van der Waals surface area contributed by atoms with Crippen molar-refractivity contribution < 1.29 is 9.53 Å². The molecule has 2 N–H and O–H groups in total. The normalized spacial score (nSPS) is 16.4. The van der Waals surface area contributed by atoms with Crippen molar-refractivity contribution in [2.24, 2.45) is 5.92 Å². The zero-order valence-electron chi connectivity index (χ0n) is 25.8. The van der Waals surface area contributed by atoms with Gasteiger partial charge in [0.1, 0.15) is 6.61 Å². The molecular weight excluding hydrogens is 508 g/mol. The number of aromatic amines is 1. The Bertz CT molecular complexity index is 1240. The molecule has 0 radical (unpaired) electrons. The van der Waals surface area contributed by atoms with Gasteiger partial charge in [-0.05, 0) is 74.4 Å². The molecule has 0 saturated carbocycles. The summed E-state index contributed by atoms with van der Waals surface area (Å²) in [5.41, 5.74) is 6.14. The van der Waals surface area contributed by atoms with Gasteiger partial charge >= 0.3 is 0 Å². The molecule has 41 heavy (non-hydrogen) atoms. The number of anilines is 2. The summed E-state index contributed by atoms with van der Waals surface area (Å²) in [5.74, 6) is 0.932. The second kappa shape index (κ2) is 17.3. The molecule has 0 spiro atoms. The third-order valence-electron chi connectivity index (χ3n) is 7.39. The number of hydrogen-bond donors (Lipinski definition) is 2. The van der Waals surface area contributed by atoms with E-state index in [9.17, 15) is 4.79 Å². The molecule has 0 fully saturated rings. The van der Waals surface area contributed by atoms with Crippen LogP contribution in [0, 0.1) is 5.92 Å². The molecule has 0 atom stereocenters. The first kappa shape index (κ1) is 32.0. The molecule has 1 amide bonds. The molecule has 6 nitrogen and oxygen atoms in total. The van der Waals surface area contributed by atoms with Crippen molar-refractivity contribution in [3.8, 4) is 0 Å². The highest BCUT2D eigenvalue weighted by Crippen LogP contribution is 2.29. The van der Waals surface area contributed by atoms with Crippen LogP contribution >= 0.6 is 0 Å². The lowest BCUT2D eigenvalue weighted by molar-refractivity contribution is 0.102. The Morgan fingerprint density at radius 2 is 1.88 bits per heavy atom. The summed E-state index contributed by atoms with van der Waals surface area (Å²) < 4.78 is 5.84. The summed E-state index contributed by atoms with van der Waals surface area (Å²) in [6, 6.07) is 14.0. The van der Waals surface area contributed by atoms with Gasteiger partial charge in [-0.2, -0.15) is 0 Å². The van der Waals surface area contributed by atoms with E-state index in [2.05, 4.69) is 65.2 Å². The Kier molecular flexibility index (Phi) is 13.5. The lowest BCUT2D eigenvalue weighted by Crippen LogP contribution is -2.30. The Morgan fingerprint density at radius 3 is 2.63 bits per heavy atom. The van der Waals surface area contributed by atoms with Gasteiger partial charge in [-0.15, -0.1) is 0 Å². The number of allylic oxidation sites excluding steroid dienone is 2. The third-order valence-corrected chi connectivity index (χ3v) is 7.39. The fourth-order valence-electron chi connectivity index (χ4n) is 5.44. The molecule has 0 bridgehead atoms. The lowest BCUT2D eigenvalue weighted by atomic mass is 9.89. The first-order chi connectivity index (χ1) is 20.1. The smallest absolute Gasteiger partial charge is 0.258 e. The van der Waals surface area contributed by atoms with E-state index in [0.717, 1.165) is 55.5 Å². The number of para-hydroxylation sites is 2. The maximum atomic E-state index is 13.4. The molecule has 6 heteroatoms. The maximum absolute atomic E-state index is 13.4. The number of carbonyl (C=O) groups excluding carboxylic acids is 1. The number of hydrogen-bond acceptors (Lipinski definition) is 4. The zero-order valence-corrected chi connectivity index (χ0v) is 25.8. The van der Waals surface area contributed by atoms with Gasteiger partial charge in [0.2, 0.25) is 5.95 Å². The minimum atomic E-state index is -0.165. The van der Waals surface area contributed by atoms with E-state index in [1.54, 1.807) is 0 Å². The predicted octanol–water partition coefficient (Wildman–Crippen LogP) is 9.07. The van der Waals surface area contributed by atoms with Gasteiger partial charge in [-0.1, -0.05) is 83.2 Å². The summed E-state index contributed by atoms with van der Waals surface area (Å²) in [6.07, 6.45) is 15.4. The van der Waals surface area contributed by atoms with Gasteiger partial charge in [-0.25, -0.2) is 4.98 Å². The summed E-state index contributed by atoms with van der Waals surface area (Å²) in [6.45, 7) is 12.9. The van der Waals surface area contributed by atoms with E-state index in [-0.39, 0.29) is 5.91 Å². The highest BCUT2D eigenvalue weighted by atomic mass is 16.5. The number of fused-ring (bicyclic) bond motifs is 1. The Morgan fingerprint density at radius 1 is 1.10 bits per heavy atom. The minimum absolute atomic E-state index is 0.165. The number of amides is 1. The third kappa shape index (κ3) is 9.80. The van der Waals surface area contributed by atoms with Gasteiger partial charge in [0.25, 0.3) is 5.91 Å². The summed E-state index contributed by atoms with van der Waals surface area (Å²) >= 11 is 0. The molecule has 1 aliphatic heterocycles. The van der Waals surface area contributed by atoms with E-state index in [1.165, 1.54) is 36.8 Å². The van der Waals surface area contributed by atoms with Crippen LogP contribution in [0.25, 0.3) is 11.0 Å². The standard InChI is InChI=1S/C33H44N4O2.C2H6/c1-4-12-26(13-5-2)22-27-17-18-28(32(38)36-33-34-29-15-9-10-16-30(29)35-33)23-31(27)37-19-21-39-20-11-7-6-8-14-25(3)24-37;1-2/h9-11,14-18,20,23,26H,4-8,12-13,19,21-22,24H2,1-3H3,(H2,34,35,36,38);1-2H3/b20-11+,25-14+;. The van der Waals surface area contributed by atoms with Crippen LogP contribution in [0.15, 0.2) is 66.5 Å². The second-order valence-electron chi connectivity index (χ2n) is 10.7. The first-order valence-electron chi connectivity index (χ1n) is 15.6. The summed E-state index contributed by atoms with van der Waals surface area (Å²) in [5, 5.41) is 2.97. The molecule has 4 rings (SSSR count). The molecule has 1 aliphatic rings. The van der Waals surface area contributed by atoms with Crippen molar-refractivity contribution in [1.29, 1.82) is 0 Å². The van der Waals surface area contributed by atoms with Crippen LogP contribution in [0.5, 0.6) is 0 Å². The lowest BCUT2D eigenvalue weighted by Gasteiger charge is -2.29. The number of ether oxygens (including phenoxy) is 1. The quantitative estimate of drug-likeness (QED) is 0.257. The van der Waals surface area contributed by atoms with Crippen LogP contribution in [0.1, 0.15) is 95.5 Å². The van der Waals surface area contributed by atoms with Crippen molar-refractivity contribution >= 4 is 28.6 Å². The van der Waals surface area contributed by atoms with E-state index in [4.69, 9.17) is 4.74 Å². The first-order valence-corrected chi connectivity index (χ1v) is 15.6. The van der Waals surface area contributed by atoms with E-state index < -0.39 is 0 Å². The molecule has 0 aliphatic carbocycles. The minimum Gasteiger partial charge on any atom is -0.500 e. The number of imidazole rings is 1. The molecule has 0 unspecified atom stereocenters. The zero-order chi connectivity index (χ0) is 29.5. The molecule has 1 aromatic heterocycles. The number of benzene rings is 2. The highest BCUT2D eigenvalue weighted by molar-refractivity contribution is 6.04. The van der Waals surface area contributed by atoms with Gasteiger partial charge in [0.05, 0.1) is 23.8 Å². The van der Waals surface area contributed by atoms with Gasteiger partial charge in [0.15, 0.2) is 0 Å². The van der Waals surface area contributed by atoms with Crippen molar-refractivity contribution in [1.82, 2.24) is 9.97 Å². The number of H-pyrrole nitrogens is 1. The van der Waals surface area contributed by atoms with Gasteiger partial charge in [0, 0.05) is 17.8 Å². The molecule has 222 valence electrons. The average molecular weight is 559 g/mol. The topological polar surface area (TPSA) is 70.2 Å². The Balaban J connectivity index is 0.00000226. The fourth-order valence-corrected chi connectivity index (χ4v) is 5.44. The van der Waals surface area contributed by atoms with Gasteiger partial charge < -0.3 is 14.6 Å². The number of nitrogens with one attached hydrogen (secondary N) is 2. The summed E-state index contributed by atoms with van der Waals surface area (Å²) in [4.78, 5) is 23.5. The average Bonchev–Trinajstić information content (AvgIpc) is 3.38. The van der Waals surface area contributed by atoms with Crippen molar-refractivity contribution in [3.05, 3.63) is 77.6 Å². The van der Waals surface area contributed by atoms with Crippen LogP contribution < -0.4 is 10.2 Å². The van der Waals surface area contributed by atoms with E-state index >= 15 is 0 Å². The molecule has 2 heterocycles. The molecule has 0 saturated heterocycles. The molecular formula is C35H50N4O2. The molecule has 3 aromatic rings. The van der Waals surface area contributed by atoms with Crippen molar-refractivity contribution in [3.63, 3.8) is 0 Å². The highest BCUT2D eigenvalue weighted by Gasteiger charge is 2.19. The van der Waals surface area contributed by atoms with E-state index in [1.807, 2.05) is 50.4 Å².